The standard InChI is InChI=1S/C25H24BrNO6.ClH/c1-30-23-12-18(14-27-13-16-2-5-19(6-3-16)25(28)29)10-20(26)24(23)33-15-17-4-7-21-22(11-17)32-9-8-31-21;/h2-7,10-12,27H,8-9,13-15H2,1H3,(H,28,29);1H. The Kier molecular flexibility index (Phi) is 9.04. The van der Waals surface area contributed by atoms with Gasteiger partial charge in [-0.05, 0) is 69.0 Å². The first kappa shape index (κ1) is 25.7. The smallest absolute Gasteiger partial charge is 0.335 e. The number of benzene rings is 3. The van der Waals surface area contributed by atoms with E-state index in [-0.39, 0.29) is 18.0 Å². The first-order chi connectivity index (χ1) is 16.0. The summed E-state index contributed by atoms with van der Waals surface area (Å²) in [6.45, 7) is 2.68. The van der Waals surface area contributed by atoms with E-state index in [0.29, 0.717) is 44.4 Å². The fourth-order valence-electron chi connectivity index (χ4n) is 3.46. The highest BCUT2D eigenvalue weighted by Gasteiger charge is 2.15. The molecule has 0 saturated carbocycles. The Labute approximate surface area is 212 Å². The number of ether oxygens (including phenoxy) is 4. The third kappa shape index (κ3) is 6.34. The van der Waals surface area contributed by atoms with Crippen LogP contribution in [0, 0.1) is 0 Å². The molecule has 9 heteroatoms. The number of fused-ring (bicyclic) bond motifs is 1. The van der Waals surface area contributed by atoms with Crippen LogP contribution >= 0.6 is 28.3 Å². The van der Waals surface area contributed by atoms with Crippen molar-refractivity contribution in [1.82, 2.24) is 5.32 Å². The minimum Gasteiger partial charge on any atom is -0.493 e. The molecule has 7 nitrogen and oxygen atoms in total. The van der Waals surface area contributed by atoms with Gasteiger partial charge in [-0.25, -0.2) is 4.79 Å². The number of hydrogen-bond acceptors (Lipinski definition) is 6. The monoisotopic (exact) mass is 549 g/mol. The van der Waals surface area contributed by atoms with Crippen LogP contribution in [0.15, 0.2) is 59.1 Å². The topological polar surface area (TPSA) is 86.3 Å². The number of carboxylic acids is 1. The zero-order chi connectivity index (χ0) is 23.2. The highest BCUT2D eigenvalue weighted by molar-refractivity contribution is 9.10. The zero-order valence-electron chi connectivity index (χ0n) is 18.5. The van der Waals surface area contributed by atoms with Gasteiger partial charge in [-0.2, -0.15) is 0 Å². The second kappa shape index (κ2) is 12.0. The van der Waals surface area contributed by atoms with Crippen LogP contribution < -0.4 is 24.3 Å². The van der Waals surface area contributed by atoms with Crippen LogP contribution in [0.5, 0.6) is 23.0 Å². The third-order valence-electron chi connectivity index (χ3n) is 5.14. The first-order valence-electron chi connectivity index (χ1n) is 10.4. The molecule has 0 amide bonds. The fraction of sp³-hybridized carbons (Fsp3) is 0.240. The largest absolute Gasteiger partial charge is 0.493 e. The van der Waals surface area contributed by atoms with E-state index in [1.54, 1.807) is 19.2 Å². The summed E-state index contributed by atoms with van der Waals surface area (Å²) in [5.41, 5.74) is 3.27. The van der Waals surface area contributed by atoms with Crippen molar-refractivity contribution in [3.63, 3.8) is 0 Å². The van der Waals surface area contributed by atoms with Crippen LogP contribution in [0.3, 0.4) is 0 Å². The van der Waals surface area contributed by atoms with E-state index in [2.05, 4.69) is 21.2 Å². The van der Waals surface area contributed by atoms with Crippen LogP contribution in [0.2, 0.25) is 0 Å². The molecule has 3 aromatic rings. The van der Waals surface area contributed by atoms with Crippen molar-refractivity contribution in [2.24, 2.45) is 0 Å². The van der Waals surface area contributed by atoms with Gasteiger partial charge in [0, 0.05) is 13.1 Å². The summed E-state index contributed by atoms with van der Waals surface area (Å²) >= 11 is 3.60. The Balaban J connectivity index is 0.00000324. The van der Waals surface area contributed by atoms with Gasteiger partial charge in [-0.3, -0.25) is 0 Å². The number of hydrogen-bond donors (Lipinski definition) is 2. The number of rotatable bonds is 9. The Bertz CT molecular complexity index is 1140. The predicted octanol–water partition coefficient (Wildman–Crippen LogP) is 5.22. The van der Waals surface area contributed by atoms with E-state index >= 15 is 0 Å². The quantitative estimate of drug-likeness (QED) is 0.378. The summed E-state index contributed by atoms with van der Waals surface area (Å²) in [4.78, 5) is 11.0. The lowest BCUT2D eigenvalue weighted by molar-refractivity contribution is 0.0697. The van der Waals surface area contributed by atoms with E-state index < -0.39 is 5.97 Å². The van der Waals surface area contributed by atoms with Crippen molar-refractivity contribution < 1.29 is 28.8 Å². The molecule has 0 spiro atoms. The highest BCUT2D eigenvalue weighted by Crippen LogP contribution is 2.38. The molecular formula is C25H25BrClNO6. The van der Waals surface area contributed by atoms with Crippen LogP contribution in [0.4, 0.5) is 0 Å². The van der Waals surface area contributed by atoms with Gasteiger partial charge in [0.25, 0.3) is 0 Å². The van der Waals surface area contributed by atoms with Gasteiger partial charge >= 0.3 is 5.97 Å². The number of carbonyl (C=O) groups is 1. The number of methoxy groups -OCH3 is 1. The molecule has 0 radical (unpaired) electrons. The van der Waals surface area contributed by atoms with Gasteiger partial charge in [0.05, 0.1) is 17.1 Å². The fourth-order valence-corrected chi connectivity index (χ4v) is 4.07. The number of halogens is 2. The Hall–Kier alpha value is -2.94. The highest BCUT2D eigenvalue weighted by atomic mass is 79.9. The van der Waals surface area contributed by atoms with Crippen LogP contribution in [-0.4, -0.2) is 31.4 Å². The summed E-state index contributed by atoms with van der Waals surface area (Å²) in [6, 6.07) is 16.5. The molecule has 34 heavy (non-hydrogen) atoms. The number of nitrogens with one attached hydrogen (secondary N) is 1. The van der Waals surface area contributed by atoms with Gasteiger partial charge in [-0.1, -0.05) is 18.2 Å². The first-order valence-corrected chi connectivity index (χ1v) is 11.2. The molecule has 180 valence electrons. The number of aromatic carboxylic acids is 1. The van der Waals surface area contributed by atoms with Gasteiger partial charge in [0.1, 0.15) is 19.8 Å². The maximum absolute atomic E-state index is 11.0. The van der Waals surface area contributed by atoms with Crippen LogP contribution in [0.1, 0.15) is 27.0 Å². The van der Waals surface area contributed by atoms with Gasteiger partial charge in [0.15, 0.2) is 23.0 Å². The van der Waals surface area contributed by atoms with Gasteiger partial charge in [0.2, 0.25) is 0 Å². The Morgan fingerprint density at radius 1 is 0.971 bits per heavy atom. The summed E-state index contributed by atoms with van der Waals surface area (Å²) < 4.78 is 23.6. The van der Waals surface area contributed by atoms with Crippen molar-refractivity contribution in [3.05, 3.63) is 81.3 Å². The van der Waals surface area contributed by atoms with E-state index in [4.69, 9.17) is 24.1 Å². The molecule has 1 aliphatic heterocycles. The molecule has 0 saturated heterocycles. The summed E-state index contributed by atoms with van der Waals surface area (Å²) in [6.07, 6.45) is 0. The van der Waals surface area contributed by atoms with Crippen molar-refractivity contribution in [2.45, 2.75) is 19.7 Å². The molecule has 3 aromatic carbocycles. The maximum atomic E-state index is 11.0. The van der Waals surface area contributed by atoms with Gasteiger partial charge in [-0.15, -0.1) is 12.4 Å². The molecular weight excluding hydrogens is 526 g/mol. The minimum absolute atomic E-state index is 0. The second-order valence-corrected chi connectivity index (χ2v) is 8.34. The lowest BCUT2D eigenvalue weighted by Crippen LogP contribution is -2.15. The van der Waals surface area contributed by atoms with Crippen molar-refractivity contribution in [3.8, 4) is 23.0 Å². The summed E-state index contributed by atoms with van der Waals surface area (Å²) in [7, 11) is 1.61. The molecule has 0 aromatic heterocycles. The Morgan fingerprint density at radius 2 is 1.65 bits per heavy atom. The zero-order valence-corrected chi connectivity index (χ0v) is 20.9. The molecule has 0 bridgehead atoms. The van der Waals surface area contributed by atoms with Crippen LogP contribution in [0.25, 0.3) is 0 Å². The van der Waals surface area contributed by atoms with E-state index in [1.807, 2.05) is 42.5 Å². The lowest BCUT2D eigenvalue weighted by Gasteiger charge is -2.19. The van der Waals surface area contributed by atoms with Crippen LogP contribution in [-0.2, 0) is 19.7 Å². The predicted molar refractivity (Wildman–Crippen MR) is 134 cm³/mol. The molecule has 4 rings (SSSR count). The van der Waals surface area contributed by atoms with Gasteiger partial charge < -0.3 is 29.4 Å². The van der Waals surface area contributed by atoms with E-state index in [9.17, 15) is 4.79 Å². The molecule has 0 atom stereocenters. The van der Waals surface area contributed by atoms with Crippen molar-refractivity contribution in [1.29, 1.82) is 0 Å². The van der Waals surface area contributed by atoms with E-state index in [0.717, 1.165) is 32.7 Å². The molecule has 0 aliphatic carbocycles. The maximum Gasteiger partial charge on any atom is 0.335 e. The minimum atomic E-state index is -0.928. The molecule has 2 N–H and O–H groups in total. The Morgan fingerprint density at radius 3 is 2.35 bits per heavy atom. The molecule has 1 heterocycles. The molecule has 0 fully saturated rings. The third-order valence-corrected chi connectivity index (χ3v) is 5.73. The van der Waals surface area contributed by atoms with Crippen molar-refractivity contribution in [2.75, 3.05) is 20.3 Å². The van der Waals surface area contributed by atoms with E-state index in [1.165, 1.54) is 0 Å². The number of carboxylic acid groups (broad SMARTS) is 1. The molecule has 1 aliphatic rings. The molecule has 0 unspecified atom stereocenters. The normalized spacial score (nSPS) is 11.9. The van der Waals surface area contributed by atoms with Crippen molar-refractivity contribution >= 4 is 34.3 Å². The average molecular weight is 551 g/mol. The summed E-state index contributed by atoms with van der Waals surface area (Å²) in [5, 5.41) is 12.4. The summed E-state index contributed by atoms with van der Waals surface area (Å²) in [5.74, 6) is 1.80. The lowest BCUT2D eigenvalue weighted by atomic mass is 10.1. The SMILES string of the molecule is COc1cc(CNCc2ccc(C(=O)O)cc2)cc(Br)c1OCc1ccc2c(c1)OCCO2.Cl. The average Bonchev–Trinajstić information content (AvgIpc) is 2.83. The second-order valence-electron chi connectivity index (χ2n) is 7.48.